The number of nitrogens with one attached hydrogen (secondary N) is 1. The molecule has 0 radical (unpaired) electrons. The molecule has 0 unspecified atom stereocenters. The van der Waals surface area contributed by atoms with Crippen LogP contribution in [0.15, 0.2) is 42.5 Å². The Bertz CT molecular complexity index is 614. The predicted octanol–water partition coefficient (Wildman–Crippen LogP) is 4.82. The van der Waals surface area contributed by atoms with E-state index >= 15 is 0 Å². The van der Waals surface area contributed by atoms with Crippen LogP contribution in [0.25, 0.3) is 0 Å². The quantitative estimate of drug-likeness (QED) is 0.751. The van der Waals surface area contributed by atoms with E-state index in [9.17, 15) is 0 Å². The zero-order valence-corrected chi connectivity index (χ0v) is 14.7. The van der Waals surface area contributed by atoms with Crippen molar-refractivity contribution in [2.24, 2.45) is 0 Å². The average Bonchev–Trinajstić information content (AvgIpc) is 2.52. The molecule has 0 aliphatic rings. The Morgan fingerprint density at radius 1 is 1.04 bits per heavy atom. The molecule has 0 heterocycles. The summed E-state index contributed by atoms with van der Waals surface area (Å²) < 4.78 is 11.5. The van der Waals surface area contributed by atoms with E-state index < -0.39 is 0 Å². The highest BCUT2D eigenvalue weighted by Gasteiger charge is 2.13. The molecule has 2 aromatic carbocycles. The molecule has 2 rings (SSSR count). The van der Waals surface area contributed by atoms with Gasteiger partial charge < -0.3 is 14.8 Å². The van der Waals surface area contributed by atoms with Crippen LogP contribution in [-0.4, -0.2) is 12.7 Å². The van der Waals surface area contributed by atoms with Crippen LogP contribution >= 0.6 is 11.6 Å². The van der Waals surface area contributed by atoms with Gasteiger partial charge in [0, 0.05) is 13.1 Å². The summed E-state index contributed by atoms with van der Waals surface area (Å²) in [6, 6.07) is 14.2. The van der Waals surface area contributed by atoms with Gasteiger partial charge in [-0.1, -0.05) is 41.9 Å². The van der Waals surface area contributed by atoms with Gasteiger partial charge in [-0.3, -0.25) is 0 Å². The number of halogens is 1. The molecule has 0 aliphatic carbocycles. The highest BCUT2D eigenvalue weighted by atomic mass is 35.5. The lowest BCUT2D eigenvalue weighted by molar-refractivity contribution is 0.224. The molecule has 0 spiro atoms. The summed E-state index contributed by atoms with van der Waals surface area (Å²) in [6.45, 7) is 8.01. The minimum absolute atomic E-state index is 0.0498. The number of benzene rings is 2. The van der Waals surface area contributed by atoms with Crippen molar-refractivity contribution in [3.63, 3.8) is 0 Å². The van der Waals surface area contributed by atoms with Crippen LogP contribution in [0.4, 0.5) is 0 Å². The van der Waals surface area contributed by atoms with Gasteiger partial charge in [-0.15, -0.1) is 0 Å². The molecule has 0 saturated heterocycles. The number of ether oxygens (including phenoxy) is 2. The van der Waals surface area contributed by atoms with Gasteiger partial charge in [0.05, 0.1) is 17.7 Å². The fourth-order valence-corrected chi connectivity index (χ4v) is 2.56. The molecule has 0 saturated carbocycles. The highest BCUT2D eigenvalue weighted by molar-refractivity contribution is 6.32. The number of rotatable bonds is 8. The Morgan fingerprint density at radius 3 is 2.39 bits per heavy atom. The maximum atomic E-state index is 6.38. The van der Waals surface area contributed by atoms with Crippen LogP contribution in [0.3, 0.4) is 0 Å². The van der Waals surface area contributed by atoms with Crippen molar-refractivity contribution in [3.05, 3.63) is 58.6 Å². The lowest BCUT2D eigenvalue weighted by Crippen LogP contribution is -2.13. The normalized spacial score (nSPS) is 10.8. The molecular formula is C19H24ClNO2. The van der Waals surface area contributed by atoms with E-state index in [1.807, 2.05) is 51.1 Å². The van der Waals surface area contributed by atoms with Crippen molar-refractivity contribution < 1.29 is 9.47 Å². The summed E-state index contributed by atoms with van der Waals surface area (Å²) in [4.78, 5) is 0. The summed E-state index contributed by atoms with van der Waals surface area (Å²) in [5.41, 5.74) is 2.33. The van der Waals surface area contributed by atoms with Gasteiger partial charge in [0.1, 0.15) is 0 Å². The first kappa shape index (κ1) is 17.6. The summed E-state index contributed by atoms with van der Waals surface area (Å²) in [5, 5.41) is 4.00. The second kappa shape index (κ2) is 8.80. The predicted molar refractivity (Wildman–Crippen MR) is 95.4 cm³/mol. The van der Waals surface area contributed by atoms with Crippen LogP contribution in [0.2, 0.25) is 5.02 Å². The third kappa shape index (κ3) is 5.45. The summed E-state index contributed by atoms with van der Waals surface area (Å²) in [7, 11) is 0. The molecular weight excluding hydrogens is 310 g/mol. The second-order valence-corrected chi connectivity index (χ2v) is 6.00. The molecule has 2 aromatic rings. The molecule has 0 aromatic heterocycles. The monoisotopic (exact) mass is 333 g/mol. The molecule has 23 heavy (non-hydrogen) atoms. The van der Waals surface area contributed by atoms with Crippen LogP contribution in [0.5, 0.6) is 11.5 Å². The third-order valence-corrected chi connectivity index (χ3v) is 3.50. The van der Waals surface area contributed by atoms with Crippen molar-refractivity contribution in [3.8, 4) is 11.5 Å². The van der Waals surface area contributed by atoms with Crippen LogP contribution < -0.4 is 14.8 Å². The van der Waals surface area contributed by atoms with Gasteiger partial charge in [0.15, 0.2) is 11.5 Å². The fourth-order valence-electron chi connectivity index (χ4n) is 2.28. The van der Waals surface area contributed by atoms with E-state index in [-0.39, 0.29) is 6.10 Å². The maximum Gasteiger partial charge on any atom is 0.180 e. The molecule has 1 N–H and O–H groups in total. The van der Waals surface area contributed by atoms with E-state index in [2.05, 4.69) is 17.4 Å². The maximum absolute atomic E-state index is 6.38. The first-order valence-electron chi connectivity index (χ1n) is 7.96. The largest absolute Gasteiger partial charge is 0.490 e. The molecule has 4 heteroatoms. The zero-order valence-electron chi connectivity index (χ0n) is 13.9. The van der Waals surface area contributed by atoms with E-state index in [1.165, 1.54) is 5.56 Å². The highest BCUT2D eigenvalue weighted by Crippen LogP contribution is 2.37. The van der Waals surface area contributed by atoms with Crippen molar-refractivity contribution >= 4 is 11.6 Å². The van der Waals surface area contributed by atoms with E-state index in [0.29, 0.717) is 23.1 Å². The van der Waals surface area contributed by atoms with Crippen LogP contribution in [-0.2, 0) is 13.1 Å². The smallest absolute Gasteiger partial charge is 0.180 e. The Labute approximate surface area is 143 Å². The summed E-state index contributed by atoms with van der Waals surface area (Å²) in [6.07, 6.45) is 0.0498. The first-order chi connectivity index (χ1) is 11.1. The molecule has 124 valence electrons. The Morgan fingerprint density at radius 2 is 1.74 bits per heavy atom. The van der Waals surface area contributed by atoms with Crippen molar-refractivity contribution in [2.75, 3.05) is 6.61 Å². The van der Waals surface area contributed by atoms with E-state index in [0.717, 1.165) is 18.7 Å². The Balaban J connectivity index is 2.06. The van der Waals surface area contributed by atoms with Crippen molar-refractivity contribution in [2.45, 2.75) is 40.0 Å². The SMILES string of the molecule is CCOc1cc(CNCc2ccccc2)cc(Cl)c1OC(C)C. The second-order valence-electron chi connectivity index (χ2n) is 5.59. The Kier molecular flexibility index (Phi) is 6.75. The molecule has 0 aliphatic heterocycles. The fraction of sp³-hybridized carbons (Fsp3) is 0.368. The zero-order chi connectivity index (χ0) is 16.7. The van der Waals surface area contributed by atoms with Crippen molar-refractivity contribution in [1.82, 2.24) is 5.32 Å². The first-order valence-corrected chi connectivity index (χ1v) is 8.34. The number of hydrogen-bond acceptors (Lipinski definition) is 3. The topological polar surface area (TPSA) is 30.5 Å². The van der Waals surface area contributed by atoms with Gasteiger partial charge in [-0.25, -0.2) is 0 Å². The van der Waals surface area contributed by atoms with Crippen LogP contribution in [0.1, 0.15) is 31.9 Å². The minimum atomic E-state index is 0.0498. The molecule has 0 amide bonds. The average molecular weight is 334 g/mol. The van der Waals surface area contributed by atoms with Crippen molar-refractivity contribution in [1.29, 1.82) is 0 Å². The summed E-state index contributed by atoms with van der Waals surface area (Å²) in [5.74, 6) is 1.32. The van der Waals surface area contributed by atoms with Gasteiger partial charge >= 0.3 is 0 Å². The van der Waals surface area contributed by atoms with Gasteiger partial charge in [0.25, 0.3) is 0 Å². The molecule has 3 nitrogen and oxygen atoms in total. The molecule has 0 fully saturated rings. The minimum Gasteiger partial charge on any atom is -0.490 e. The Hall–Kier alpha value is -1.71. The molecule has 0 bridgehead atoms. The summed E-state index contributed by atoms with van der Waals surface area (Å²) >= 11 is 6.38. The number of hydrogen-bond donors (Lipinski definition) is 1. The van der Waals surface area contributed by atoms with Gasteiger partial charge in [-0.2, -0.15) is 0 Å². The van der Waals surface area contributed by atoms with E-state index in [4.69, 9.17) is 21.1 Å². The lowest BCUT2D eigenvalue weighted by atomic mass is 10.1. The third-order valence-electron chi connectivity index (χ3n) is 3.22. The molecule has 0 atom stereocenters. The van der Waals surface area contributed by atoms with E-state index in [1.54, 1.807) is 0 Å². The van der Waals surface area contributed by atoms with Crippen LogP contribution in [0, 0.1) is 0 Å². The van der Waals surface area contributed by atoms with Gasteiger partial charge in [-0.05, 0) is 44.0 Å². The lowest BCUT2D eigenvalue weighted by Gasteiger charge is -2.17. The standard InChI is InChI=1S/C19H24ClNO2/c1-4-22-18-11-16(10-17(20)19(18)23-14(2)3)13-21-12-15-8-6-5-7-9-15/h5-11,14,21H,4,12-13H2,1-3H3. The van der Waals surface area contributed by atoms with Gasteiger partial charge in [0.2, 0.25) is 0 Å².